The number of nitrogens with zero attached hydrogens (tertiary/aromatic N) is 2. The summed E-state index contributed by atoms with van der Waals surface area (Å²) in [5, 5.41) is 5.90. The highest BCUT2D eigenvalue weighted by molar-refractivity contribution is 6.03. The smallest absolute Gasteiger partial charge is 0.258 e. The van der Waals surface area contributed by atoms with Crippen LogP contribution in [0.3, 0.4) is 0 Å². The molecule has 0 fully saturated rings. The zero-order valence-corrected chi connectivity index (χ0v) is 12.7. The highest BCUT2D eigenvalue weighted by atomic mass is 16.1. The fraction of sp³-hybridized carbons (Fsp3) is 0.0556. The molecule has 0 saturated carbocycles. The van der Waals surface area contributed by atoms with Crippen LogP contribution in [-0.2, 0) is 0 Å². The number of anilines is 3. The summed E-state index contributed by atoms with van der Waals surface area (Å²) in [6, 6.07) is 17.2. The Labute approximate surface area is 134 Å². The number of amides is 1. The molecule has 5 nitrogen and oxygen atoms in total. The standard InChI is InChI=1S/C18H16N4O/c1-13-6-5-9-16(10-13)22-18-19-11-14(12-20-18)17(23)21-15-7-3-2-4-8-15/h2-12H,1H3,(H,21,23)(H,19,20,22). The molecule has 1 aromatic heterocycles. The number of hydrogen-bond acceptors (Lipinski definition) is 4. The van der Waals surface area contributed by atoms with E-state index in [-0.39, 0.29) is 5.91 Å². The van der Waals surface area contributed by atoms with Crippen molar-refractivity contribution in [3.05, 3.63) is 78.1 Å². The fourth-order valence-corrected chi connectivity index (χ4v) is 2.09. The largest absolute Gasteiger partial charge is 0.324 e. The van der Waals surface area contributed by atoms with Crippen LogP contribution < -0.4 is 10.6 Å². The van der Waals surface area contributed by atoms with Crippen molar-refractivity contribution in [2.24, 2.45) is 0 Å². The van der Waals surface area contributed by atoms with E-state index in [1.807, 2.05) is 61.5 Å². The van der Waals surface area contributed by atoms with E-state index >= 15 is 0 Å². The van der Waals surface area contributed by atoms with Crippen molar-refractivity contribution in [1.82, 2.24) is 9.97 Å². The number of benzene rings is 2. The molecule has 0 unspecified atom stereocenters. The Morgan fingerprint density at radius 3 is 2.30 bits per heavy atom. The molecule has 2 N–H and O–H groups in total. The van der Waals surface area contributed by atoms with E-state index in [4.69, 9.17) is 0 Å². The molecule has 0 aliphatic rings. The molecule has 0 atom stereocenters. The maximum atomic E-state index is 12.1. The second-order valence-corrected chi connectivity index (χ2v) is 5.11. The van der Waals surface area contributed by atoms with Gasteiger partial charge in [0, 0.05) is 23.8 Å². The molecule has 0 radical (unpaired) electrons. The highest BCUT2D eigenvalue weighted by Crippen LogP contribution is 2.14. The van der Waals surface area contributed by atoms with Crippen molar-refractivity contribution in [2.75, 3.05) is 10.6 Å². The molecule has 3 rings (SSSR count). The molecular weight excluding hydrogens is 288 g/mol. The Hall–Kier alpha value is -3.21. The number of para-hydroxylation sites is 1. The molecule has 3 aromatic rings. The van der Waals surface area contributed by atoms with Gasteiger partial charge in [-0.1, -0.05) is 30.3 Å². The topological polar surface area (TPSA) is 66.9 Å². The van der Waals surface area contributed by atoms with Gasteiger partial charge in [0.1, 0.15) is 0 Å². The van der Waals surface area contributed by atoms with Crippen molar-refractivity contribution in [3.8, 4) is 0 Å². The molecule has 23 heavy (non-hydrogen) atoms. The highest BCUT2D eigenvalue weighted by Gasteiger charge is 2.07. The van der Waals surface area contributed by atoms with Gasteiger partial charge in [-0.05, 0) is 36.8 Å². The zero-order chi connectivity index (χ0) is 16.1. The van der Waals surface area contributed by atoms with Gasteiger partial charge < -0.3 is 10.6 Å². The molecule has 0 spiro atoms. The lowest BCUT2D eigenvalue weighted by Crippen LogP contribution is -2.13. The maximum absolute atomic E-state index is 12.1. The van der Waals surface area contributed by atoms with Crippen LogP contribution in [0.2, 0.25) is 0 Å². The van der Waals surface area contributed by atoms with Crippen LogP contribution >= 0.6 is 0 Å². The summed E-state index contributed by atoms with van der Waals surface area (Å²) in [4.78, 5) is 20.5. The van der Waals surface area contributed by atoms with Gasteiger partial charge in [-0.2, -0.15) is 0 Å². The molecule has 0 saturated heterocycles. The van der Waals surface area contributed by atoms with Crippen LogP contribution in [-0.4, -0.2) is 15.9 Å². The first-order valence-corrected chi connectivity index (χ1v) is 7.23. The van der Waals surface area contributed by atoms with Crippen LogP contribution in [0.15, 0.2) is 67.0 Å². The third kappa shape index (κ3) is 3.91. The lowest BCUT2D eigenvalue weighted by atomic mass is 10.2. The molecule has 2 aromatic carbocycles. The summed E-state index contributed by atoms with van der Waals surface area (Å²) in [6.45, 7) is 2.02. The third-order valence-corrected chi connectivity index (χ3v) is 3.22. The number of aromatic nitrogens is 2. The average Bonchev–Trinajstić information content (AvgIpc) is 2.56. The quantitative estimate of drug-likeness (QED) is 0.769. The lowest BCUT2D eigenvalue weighted by molar-refractivity contribution is 0.102. The van der Waals surface area contributed by atoms with Gasteiger partial charge in [0.25, 0.3) is 5.91 Å². The van der Waals surface area contributed by atoms with E-state index in [2.05, 4.69) is 20.6 Å². The molecule has 114 valence electrons. The average molecular weight is 304 g/mol. The summed E-state index contributed by atoms with van der Waals surface area (Å²) >= 11 is 0. The van der Waals surface area contributed by atoms with Crippen LogP contribution in [0.4, 0.5) is 17.3 Å². The number of hydrogen-bond donors (Lipinski definition) is 2. The van der Waals surface area contributed by atoms with Crippen LogP contribution in [0.5, 0.6) is 0 Å². The fourth-order valence-electron chi connectivity index (χ4n) is 2.09. The van der Waals surface area contributed by atoms with E-state index in [1.54, 1.807) is 0 Å². The number of nitrogens with one attached hydrogen (secondary N) is 2. The molecule has 1 heterocycles. The molecule has 1 amide bonds. The van der Waals surface area contributed by atoms with Gasteiger partial charge >= 0.3 is 0 Å². The Balaban J connectivity index is 1.68. The van der Waals surface area contributed by atoms with Crippen molar-refractivity contribution in [1.29, 1.82) is 0 Å². The Morgan fingerprint density at radius 1 is 0.913 bits per heavy atom. The van der Waals surface area contributed by atoms with Crippen molar-refractivity contribution >= 4 is 23.2 Å². The molecular formula is C18H16N4O. The van der Waals surface area contributed by atoms with Gasteiger partial charge in [-0.3, -0.25) is 4.79 Å². The second kappa shape index (κ2) is 6.70. The minimum atomic E-state index is -0.238. The van der Waals surface area contributed by atoms with Crippen molar-refractivity contribution < 1.29 is 4.79 Å². The first kappa shape index (κ1) is 14.7. The minimum Gasteiger partial charge on any atom is -0.324 e. The maximum Gasteiger partial charge on any atom is 0.258 e. The predicted molar refractivity (Wildman–Crippen MR) is 90.9 cm³/mol. The summed E-state index contributed by atoms with van der Waals surface area (Å²) in [5.41, 5.74) is 3.20. The zero-order valence-electron chi connectivity index (χ0n) is 12.7. The van der Waals surface area contributed by atoms with E-state index in [9.17, 15) is 4.79 Å². The SMILES string of the molecule is Cc1cccc(Nc2ncc(C(=O)Nc3ccccc3)cn2)c1. The van der Waals surface area contributed by atoms with Gasteiger partial charge in [0.15, 0.2) is 0 Å². The summed E-state index contributed by atoms with van der Waals surface area (Å²) in [6.07, 6.45) is 3.01. The van der Waals surface area contributed by atoms with Gasteiger partial charge in [0.05, 0.1) is 5.56 Å². The van der Waals surface area contributed by atoms with Crippen molar-refractivity contribution in [3.63, 3.8) is 0 Å². The van der Waals surface area contributed by atoms with E-state index in [1.165, 1.54) is 12.4 Å². The van der Waals surface area contributed by atoms with Gasteiger partial charge in [-0.25, -0.2) is 9.97 Å². The molecule has 5 heteroatoms. The molecule has 0 bridgehead atoms. The van der Waals surface area contributed by atoms with Gasteiger partial charge in [-0.15, -0.1) is 0 Å². The number of rotatable bonds is 4. The first-order chi connectivity index (χ1) is 11.2. The lowest BCUT2D eigenvalue weighted by Gasteiger charge is -2.07. The Morgan fingerprint density at radius 2 is 1.61 bits per heavy atom. The van der Waals surface area contributed by atoms with E-state index in [0.29, 0.717) is 11.5 Å². The Kier molecular flexibility index (Phi) is 4.29. The Bertz CT molecular complexity index is 801. The van der Waals surface area contributed by atoms with Crippen molar-refractivity contribution in [2.45, 2.75) is 6.92 Å². The second-order valence-electron chi connectivity index (χ2n) is 5.11. The third-order valence-electron chi connectivity index (χ3n) is 3.22. The number of carbonyl (C=O) groups is 1. The van der Waals surface area contributed by atoms with E-state index < -0.39 is 0 Å². The molecule has 0 aliphatic carbocycles. The summed E-state index contributed by atoms with van der Waals surface area (Å²) in [5.74, 6) is 0.213. The summed E-state index contributed by atoms with van der Waals surface area (Å²) in [7, 11) is 0. The van der Waals surface area contributed by atoms with Crippen LogP contribution in [0.1, 0.15) is 15.9 Å². The van der Waals surface area contributed by atoms with E-state index in [0.717, 1.165) is 16.9 Å². The minimum absolute atomic E-state index is 0.238. The monoisotopic (exact) mass is 304 g/mol. The first-order valence-electron chi connectivity index (χ1n) is 7.23. The van der Waals surface area contributed by atoms with Crippen LogP contribution in [0.25, 0.3) is 0 Å². The number of carbonyl (C=O) groups excluding carboxylic acids is 1. The normalized spacial score (nSPS) is 10.1. The van der Waals surface area contributed by atoms with Crippen LogP contribution in [0, 0.1) is 6.92 Å². The number of aryl methyl sites for hydroxylation is 1. The summed E-state index contributed by atoms with van der Waals surface area (Å²) < 4.78 is 0. The predicted octanol–water partition coefficient (Wildman–Crippen LogP) is 3.78. The van der Waals surface area contributed by atoms with Gasteiger partial charge in [0.2, 0.25) is 5.95 Å². The molecule has 0 aliphatic heterocycles.